The molecule has 0 radical (unpaired) electrons. The molecule has 0 aliphatic carbocycles. The Labute approximate surface area is 172 Å². The number of nitrogens with zero attached hydrogens (tertiary/aromatic N) is 2. The number of hydrogen-bond donors (Lipinski definition) is 0. The lowest BCUT2D eigenvalue weighted by Crippen LogP contribution is -2.54. The average molecular weight is 415 g/mol. The van der Waals surface area contributed by atoms with Gasteiger partial charge in [-0.1, -0.05) is 24.3 Å². The maximum Gasteiger partial charge on any atom is 0.245 e. The second-order valence-electron chi connectivity index (χ2n) is 7.52. The molecular weight excluding hydrogens is 388 g/mol. The summed E-state index contributed by atoms with van der Waals surface area (Å²) in [6.07, 6.45) is 2.12. The summed E-state index contributed by atoms with van der Waals surface area (Å²) in [6, 6.07) is 12.8. The Bertz CT molecular complexity index is 1030. The minimum absolute atomic E-state index is 0.0211. The zero-order chi connectivity index (χ0) is 20.6. The van der Waals surface area contributed by atoms with E-state index in [-0.39, 0.29) is 18.2 Å². The maximum atomic E-state index is 13.6. The second-order valence-corrected chi connectivity index (χ2v) is 9.73. The van der Waals surface area contributed by atoms with Crippen LogP contribution < -0.4 is 9.64 Å². The monoisotopic (exact) mass is 414 g/mol. The molecule has 2 aromatic rings. The molecule has 0 N–H and O–H groups in total. The van der Waals surface area contributed by atoms with Gasteiger partial charge < -0.3 is 9.64 Å². The number of aryl methyl sites for hydroxylation is 1. The van der Waals surface area contributed by atoms with Crippen molar-refractivity contribution in [2.24, 2.45) is 0 Å². The van der Waals surface area contributed by atoms with Crippen LogP contribution in [0.2, 0.25) is 0 Å². The van der Waals surface area contributed by atoms with E-state index in [0.717, 1.165) is 41.0 Å². The van der Waals surface area contributed by atoms with Crippen LogP contribution in [0, 0.1) is 0 Å². The summed E-state index contributed by atoms with van der Waals surface area (Å²) in [5.74, 6) is 0.592. The molecule has 0 saturated heterocycles. The van der Waals surface area contributed by atoms with Crippen LogP contribution in [0.25, 0.3) is 0 Å². The molecule has 7 heteroatoms. The first kappa shape index (κ1) is 19.9. The second kappa shape index (κ2) is 7.80. The van der Waals surface area contributed by atoms with Gasteiger partial charge in [-0.2, -0.15) is 4.31 Å². The summed E-state index contributed by atoms with van der Waals surface area (Å²) < 4.78 is 32.4. The van der Waals surface area contributed by atoms with Gasteiger partial charge in [0.15, 0.2) is 0 Å². The highest BCUT2D eigenvalue weighted by molar-refractivity contribution is 7.89. The molecule has 2 heterocycles. The highest BCUT2D eigenvalue weighted by Crippen LogP contribution is 2.33. The number of carbonyl (C=O) groups excluding carboxylic acids is 1. The molecule has 4 rings (SSSR count). The predicted molar refractivity (Wildman–Crippen MR) is 113 cm³/mol. The van der Waals surface area contributed by atoms with Gasteiger partial charge in [-0.15, -0.1) is 0 Å². The molecule has 29 heavy (non-hydrogen) atoms. The van der Waals surface area contributed by atoms with E-state index < -0.39 is 16.1 Å². The lowest BCUT2D eigenvalue weighted by molar-refractivity contribution is -0.122. The smallest absolute Gasteiger partial charge is 0.245 e. The van der Waals surface area contributed by atoms with Crippen molar-refractivity contribution < 1.29 is 17.9 Å². The molecule has 0 unspecified atom stereocenters. The Kier molecular flexibility index (Phi) is 5.36. The third-order valence-electron chi connectivity index (χ3n) is 5.88. The number of sulfonamides is 1. The summed E-state index contributed by atoms with van der Waals surface area (Å²) >= 11 is 0. The molecule has 0 bridgehead atoms. The number of fused-ring (bicyclic) bond motifs is 2. The van der Waals surface area contributed by atoms with E-state index >= 15 is 0 Å². The quantitative estimate of drug-likeness (QED) is 0.772. The highest BCUT2D eigenvalue weighted by atomic mass is 32.2. The Morgan fingerprint density at radius 2 is 1.90 bits per heavy atom. The van der Waals surface area contributed by atoms with Crippen molar-refractivity contribution in [3.63, 3.8) is 0 Å². The van der Waals surface area contributed by atoms with Gasteiger partial charge in [-0.05, 0) is 61.1 Å². The molecule has 2 aliphatic rings. The number of hydrogen-bond acceptors (Lipinski definition) is 4. The number of carbonyl (C=O) groups is 1. The summed E-state index contributed by atoms with van der Waals surface area (Å²) in [4.78, 5) is 15.4. The molecule has 0 saturated carbocycles. The van der Waals surface area contributed by atoms with Crippen molar-refractivity contribution >= 4 is 21.6 Å². The number of benzene rings is 2. The number of ether oxygens (including phenoxy) is 1. The lowest BCUT2D eigenvalue weighted by Gasteiger charge is -2.39. The number of methoxy groups -OCH3 is 1. The molecular formula is C22H26N2O4S. The minimum atomic E-state index is -3.52. The van der Waals surface area contributed by atoms with Crippen LogP contribution in [0.4, 0.5) is 5.69 Å². The van der Waals surface area contributed by atoms with Crippen molar-refractivity contribution in [1.82, 2.24) is 4.31 Å². The third-order valence-corrected chi connectivity index (χ3v) is 7.71. The summed E-state index contributed by atoms with van der Waals surface area (Å²) in [7, 11) is -1.89. The van der Waals surface area contributed by atoms with Crippen LogP contribution in [0.5, 0.6) is 5.75 Å². The molecule has 0 fully saturated rings. The fourth-order valence-electron chi connectivity index (χ4n) is 4.28. The number of anilines is 1. The minimum Gasteiger partial charge on any atom is -0.497 e. The number of amides is 1. The number of rotatable bonds is 4. The van der Waals surface area contributed by atoms with E-state index in [1.165, 1.54) is 4.31 Å². The summed E-state index contributed by atoms with van der Waals surface area (Å²) in [5, 5.41) is 0. The Balaban J connectivity index is 1.72. The fraction of sp³-hybridized carbons (Fsp3) is 0.409. The van der Waals surface area contributed by atoms with Gasteiger partial charge in [0.05, 0.1) is 12.9 Å². The molecule has 6 nitrogen and oxygen atoms in total. The van der Waals surface area contributed by atoms with Gasteiger partial charge in [-0.3, -0.25) is 4.79 Å². The lowest BCUT2D eigenvalue weighted by atomic mass is 9.94. The van der Waals surface area contributed by atoms with Crippen LogP contribution in [0.1, 0.15) is 30.0 Å². The topological polar surface area (TPSA) is 66.9 Å². The van der Waals surface area contributed by atoms with Crippen molar-refractivity contribution in [2.45, 2.75) is 38.8 Å². The van der Waals surface area contributed by atoms with E-state index in [9.17, 15) is 13.2 Å². The summed E-state index contributed by atoms with van der Waals surface area (Å²) in [6.45, 7) is 2.46. The van der Waals surface area contributed by atoms with Crippen molar-refractivity contribution in [3.8, 4) is 5.75 Å². The average Bonchev–Trinajstić information content (AvgIpc) is 2.76. The zero-order valence-corrected chi connectivity index (χ0v) is 17.6. The Morgan fingerprint density at radius 3 is 2.62 bits per heavy atom. The maximum absolute atomic E-state index is 13.6. The largest absolute Gasteiger partial charge is 0.497 e. The fourth-order valence-corrected chi connectivity index (χ4v) is 5.50. The van der Waals surface area contributed by atoms with Gasteiger partial charge >= 0.3 is 0 Å². The zero-order valence-electron chi connectivity index (χ0n) is 16.8. The van der Waals surface area contributed by atoms with E-state index in [4.69, 9.17) is 4.74 Å². The van der Waals surface area contributed by atoms with E-state index in [1.807, 2.05) is 42.5 Å². The molecule has 2 aliphatic heterocycles. The van der Waals surface area contributed by atoms with Crippen LogP contribution in [-0.4, -0.2) is 44.1 Å². The predicted octanol–water partition coefficient (Wildman–Crippen LogP) is 2.75. The summed E-state index contributed by atoms with van der Waals surface area (Å²) in [5.41, 5.74) is 3.93. The Hall–Kier alpha value is -2.38. The van der Waals surface area contributed by atoms with Crippen molar-refractivity contribution in [2.75, 3.05) is 24.3 Å². The molecule has 2 aromatic carbocycles. The van der Waals surface area contributed by atoms with Crippen molar-refractivity contribution in [1.29, 1.82) is 0 Å². The van der Waals surface area contributed by atoms with E-state index in [0.29, 0.717) is 13.0 Å². The van der Waals surface area contributed by atoms with Gasteiger partial charge in [0.25, 0.3) is 0 Å². The van der Waals surface area contributed by atoms with Gasteiger partial charge in [-0.25, -0.2) is 8.42 Å². The van der Waals surface area contributed by atoms with Crippen LogP contribution in [-0.2, 0) is 34.2 Å². The van der Waals surface area contributed by atoms with Crippen molar-refractivity contribution in [3.05, 3.63) is 59.2 Å². The first-order valence-corrected chi connectivity index (χ1v) is 11.6. The highest BCUT2D eigenvalue weighted by Gasteiger charge is 2.40. The van der Waals surface area contributed by atoms with Gasteiger partial charge in [0, 0.05) is 18.8 Å². The first-order chi connectivity index (χ1) is 13.9. The van der Waals surface area contributed by atoms with Gasteiger partial charge in [0.1, 0.15) is 11.8 Å². The molecule has 0 spiro atoms. The Morgan fingerprint density at radius 1 is 1.14 bits per heavy atom. The van der Waals surface area contributed by atoms with Crippen LogP contribution >= 0.6 is 0 Å². The first-order valence-electron chi connectivity index (χ1n) is 9.99. The van der Waals surface area contributed by atoms with Crippen LogP contribution in [0.15, 0.2) is 42.5 Å². The van der Waals surface area contributed by atoms with E-state index in [2.05, 4.69) is 0 Å². The standard InChI is InChI=1S/C22H26N2O4S/c1-3-29(26,27)24-15-18-8-5-4-7-16(18)14-21(24)22(25)23-12-6-9-17-13-19(28-2)10-11-20(17)23/h4-5,7-8,10-11,13,21H,3,6,9,12,14-15H2,1-2H3/t21-/m0/s1. The van der Waals surface area contributed by atoms with Gasteiger partial charge in [0.2, 0.25) is 15.9 Å². The molecule has 0 aromatic heterocycles. The van der Waals surface area contributed by atoms with E-state index in [1.54, 1.807) is 18.9 Å². The normalized spacial score (nSPS) is 19.4. The SMILES string of the molecule is CCS(=O)(=O)N1Cc2ccccc2C[C@H]1C(=O)N1CCCc2cc(OC)ccc21. The molecule has 1 atom stereocenters. The third kappa shape index (κ3) is 3.65. The van der Waals surface area contributed by atoms with Crippen LogP contribution in [0.3, 0.4) is 0 Å². The molecule has 154 valence electrons. The molecule has 1 amide bonds.